The van der Waals surface area contributed by atoms with Crippen LogP contribution in [0.2, 0.25) is 5.02 Å². The molecule has 0 saturated heterocycles. The molecule has 0 aromatic heterocycles. The van der Waals surface area contributed by atoms with Crippen molar-refractivity contribution >= 4 is 34.0 Å². The number of benzene rings is 3. The second-order valence-corrected chi connectivity index (χ2v) is 5.44. The molecule has 100 valence electrons. The van der Waals surface area contributed by atoms with Crippen LogP contribution in [0.4, 0.5) is 4.39 Å². The minimum Gasteiger partial charge on any atom is -0.207 e. The Bertz CT molecular complexity index is 768. The summed E-state index contributed by atoms with van der Waals surface area (Å²) in [5.74, 6) is -0.286. The molecule has 0 N–H and O–H groups in total. The molecule has 0 heterocycles. The van der Waals surface area contributed by atoms with Crippen LogP contribution in [0.15, 0.2) is 60.7 Å². The van der Waals surface area contributed by atoms with Gasteiger partial charge in [0, 0.05) is 10.4 Å². The van der Waals surface area contributed by atoms with E-state index < -0.39 is 5.38 Å². The van der Waals surface area contributed by atoms with Crippen LogP contribution in [0.5, 0.6) is 0 Å². The molecule has 0 aliphatic carbocycles. The number of hydrogen-bond donors (Lipinski definition) is 0. The molecule has 3 rings (SSSR count). The predicted molar refractivity (Wildman–Crippen MR) is 83.1 cm³/mol. The van der Waals surface area contributed by atoms with Crippen LogP contribution < -0.4 is 0 Å². The predicted octanol–water partition coefficient (Wildman–Crippen LogP) is 5.96. The highest BCUT2D eigenvalue weighted by molar-refractivity contribution is 6.36. The molecule has 0 bridgehead atoms. The van der Waals surface area contributed by atoms with Gasteiger partial charge in [-0.3, -0.25) is 0 Å². The van der Waals surface area contributed by atoms with E-state index in [4.69, 9.17) is 23.2 Å². The van der Waals surface area contributed by atoms with Gasteiger partial charge < -0.3 is 0 Å². The topological polar surface area (TPSA) is 0 Å². The van der Waals surface area contributed by atoms with Gasteiger partial charge in [-0.15, -0.1) is 11.6 Å². The van der Waals surface area contributed by atoms with Gasteiger partial charge in [0.25, 0.3) is 0 Å². The molecular formula is C17H11Cl2F. The molecule has 0 spiro atoms. The van der Waals surface area contributed by atoms with Crippen molar-refractivity contribution in [1.29, 1.82) is 0 Å². The first kappa shape index (κ1) is 13.4. The zero-order valence-electron chi connectivity index (χ0n) is 10.5. The highest BCUT2D eigenvalue weighted by Gasteiger charge is 2.15. The second-order valence-electron chi connectivity index (χ2n) is 4.60. The van der Waals surface area contributed by atoms with Crippen molar-refractivity contribution < 1.29 is 4.39 Å². The summed E-state index contributed by atoms with van der Waals surface area (Å²) in [6.45, 7) is 0. The molecule has 0 nitrogen and oxygen atoms in total. The number of hydrogen-bond acceptors (Lipinski definition) is 0. The summed E-state index contributed by atoms with van der Waals surface area (Å²) in [4.78, 5) is 0. The lowest BCUT2D eigenvalue weighted by Gasteiger charge is -2.14. The van der Waals surface area contributed by atoms with Crippen molar-refractivity contribution in [3.8, 4) is 0 Å². The normalized spacial score (nSPS) is 12.6. The minimum atomic E-state index is -0.409. The lowest BCUT2D eigenvalue weighted by atomic mass is 9.98. The molecular weight excluding hydrogens is 294 g/mol. The Labute approximate surface area is 126 Å². The first-order valence-corrected chi connectivity index (χ1v) is 7.05. The Hall–Kier alpha value is -1.57. The highest BCUT2D eigenvalue weighted by atomic mass is 35.5. The van der Waals surface area contributed by atoms with E-state index in [1.165, 1.54) is 12.1 Å². The number of rotatable bonds is 2. The van der Waals surface area contributed by atoms with E-state index in [1.54, 1.807) is 6.07 Å². The molecule has 20 heavy (non-hydrogen) atoms. The van der Waals surface area contributed by atoms with Gasteiger partial charge in [0.2, 0.25) is 0 Å². The molecule has 1 unspecified atom stereocenters. The minimum absolute atomic E-state index is 0.286. The second kappa shape index (κ2) is 5.43. The Morgan fingerprint density at radius 3 is 2.35 bits per heavy atom. The third-order valence-corrected chi connectivity index (χ3v) is 4.14. The molecule has 3 aromatic rings. The third kappa shape index (κ3) is 2.39. The van der Waals surface area contributed by atoms with E-state index in [1.807, 2.05) is 42.5 Å². The molecule has 0 aliphatic heterocycles. The summed E-state index contributed by atoms with van der Waals surface area (Å²) in [7, 11) is 0. The van der Waals surface area contributed by atoms with Crippen LogP contribution in [0.1, 0.15) is 16.5 Å². The molecule has 0 aliphatic rings. The Kier molecular flexibility index (Phi) is 3.64. The van der Waals surface area contributed by atoms with Crippen LogP contribution in [0, 0.1) is 5.82 Å². The van der Waals surface area contributed by atoms with Gasteiger partial charge >= 0.3 is 0 Å². The van der Waals surface area contributed by atoms with Crippen LogP contribution in [-0.2, 0) is 0 Å². The maximum absolute atomic E-state index is 13.3. The fourth-order valence-corrected chi connectivity index (χ4v) is 2.90. The van der Waals surface area contributed by atoms with E-state index in [-0.39, 0.29) is 5.82 Å². The Morgan fingerprint density at radius 2 is 1.60 bits per heavy atom. The van der Waals surface area contributed by atoms with Gasteiger partial charge in [-0.1, -0.05) is 54.1 Å². The first-order valence-electron chi connectivity index (χ1n) is 6.23. The summed E-state index contributed by atoms with van der Waals surface area (Å²) in [6.07, 6.45) is 0. The van der Waals surface area contributed by atoms with Crippen LogP contribution in [0.25, 0.3) is 10.8 Å². The SMILES string of the molecule is Fc1cccc(C(Cl)c2ccc(Cl)c3ccccc23)c1. The highest BCUT2D eigenvalue weighted by Crippen LogP contribution is 2.36. The van der Waals surface area contributed by atoms with E-state index in [2.05, 4.69) is 0 Å². The molecule has 1 atom stereocenters. The quantitative estimate of drug-likeness (QED) is 0.512. The monoisotopic (exact) mass is 304 g/mol. The smallest absolute Gasteiger partial charge is 0.123 e. The van der Waals surface area contributed by atoms with Crippen LogP contribution in [0.3, 0.4) is 0 Å². The fourth-order valence-electron chi connectivity index (χ4n) is 2.35. The van der Waals surface area contributed by atoms with Crippen molar-refractivity contribution in [3.63, 3.8) is 0 Å². The van der Waals surface area contributed by atoms with E-state index >= 15 is 0 Å². The molecule has 0 amide bonds. The number of alkyl halides is 1. The van der Waals surface area contributed by atoms with Gasteiger partial charge in [-0.2, -0.15) is 0 Å². The summed E-state index contributed by atoms with van der Waals surface area (Å²) >= 11 is 12.7. The summed E-state index contributed by atoms with van der Waals surface area (Å²) in [5.41, 5.74) is 1.66. The van der Waals surface area contributed by atoms with Crippen LogP contribution in [-0.4, -0.2) is 0 Å². The summed E-state index contributed by atoms with van der Waals surface area (Å²) in [5, 5.41) is 2.22. The first-order chi connectivity index (χ1) is 9.66. The standard InChI is InChI=1S/C17H11Cl2F/c18-16-9-8-15(13-6-1-2-7-14(13)16)17(19)11-4-3-5-12(20)10-11/h1-10,17H. The average Bonchev–Trinajstić information content (AvgIpc) is 2.47. The van der Waals surface area contributed by atoms with Crippen molar-refractivity contribution in [1.82, 2.24) is 0 Å². The van der Waals surface area contributed by atoms with Crippen molar-refractivity contribution in [2.24, 2.45) is 0 Å². The van der Waals surface area contributed by atoms with E-state index in [0.717, 1.165) is 21.9 Å². The summed E-state index contributed by atoms with van der Waals surface area (Å²) in [6, 6.07) is 17.9. The van der Waals surface area contributed by atoms with Gasteiger partial charge in [-0.05, 0) is 34.7 Å². The lowest BCUT2D eigenvalue weighted by molar-refractivity contribution is 0.626. The van der Waals surface area contributed by atoms with Gasteiger partial charge in [0.1, 0.15) is 5.82 Å². The number of fused-ring (bicyclic) bond motifs is 1. The fraction of sp³-hybridized carbons (Fsp3) is 0.0588. The van der Waals surface area contributed by atoms with E-state index in [0.29, 0.717) is 5.02 Å². The Balaban J connectivity index is 2.17. The zero-order valence-corrected chi connectivity index (χ0v) is 12.0. The third-order valence-electron chi connectivity index (χ3n) is 3.32. The van der Waals surface area contributed by atoms with Crippen molar-refractivity contribution in [2.45, 2.75) is 5.38 Å². The molecule has 3 aromatic carbocycles. The molecule has 0 radical (unpaired) electrons. The van der Waals surface area contributed by atoms with Gasteiger partial charge in [0.15, 0.2) is 0 Å². The maximum atomic E-state index is 13.3. The molecule has 0 fully saturated rings. The maximum Gasteiger partial charge on any atom is 0.123 e. The van der Waals surface area contributed by atoms with Crippen molar-refractivity contribution in [3.05, 3.63) is 82.6 Å². The largest absolute Gasteiger partial charge is 0.207 e. The lowest BCUT2D eigenvalue weighted by Crippen LogP contribution is -1.95. The number of halogens is 3. The summed E-state index contributed by atoms with van der Waals surface area (Å²) < 4.78 is 13.3. The van der Waals surface area contributed by atoms with Gasteiger partial charge in [0.05, 0.1) is 5.38 Å². The molecule has 0 saturated carbocycles. The van der Waals surface area contributed by atoms with E-state index in [9.17, 15) is 4.39 Å². The molecule has 3 heteroatoms. The Morgan fingerprint density at radius 1 is 0.850 bits per heavy atom. The van der Waals surface area contributed by atoms with Crippen molar-refractivity contribution in [2.75, 3.05) is 0 Å². The van der Waals surface area contributed by atoms with Gasteiger partial charge in [-0.25, -0.2) is 4.39 Å². The van der Waals surface area contributed by atoms with Crippen LogP contribution >= 0.6 is 23.2 Å². The average molecular weight is 305 g/mol. The zero-order chi connectivity index (χ0) is 14.1.